The van der Waals surface area contributed by atoms with Gasteiger partial charge < -0.3 is 4.79 Å². The SMILES string of the molecule is CC(=O)CC(C)(C)Cc1c(F)cccc1F. The summed E-state index contributed by atoms with van der Waals surface area (Å²) in [5.41, 5.74) is -0.358. The molecule has 0 atom stereocenters. The minimum absolute atomic E-state index is 0.0294. The number of hydrogen-bond donors (Lipinski definition) is 0. The van der Waals surface area contributed by atoms with Gasteiger partial charge in [-0.15, -0.1) is 0 Å². The fraction of sp³-hybridized carbons (Fsp3) is 0.462. The van der Waals surface area contributed by atoms with Gasteiger partial charge >= 0.3 is 0 Å². The molecule has 1 aromatic carbocycles. The molecule has 1 rings (SSSR count). The quantitative estimate of drug-likeness (QED) is 0.767. The Kier molecular flexibility index (Phi) is 3.79. The first kappa shape index (κ1) is 12.8. The zero-order valence-corrected chi connectivity index (χ0v) is 9.81. The Morgan fingerprint density at radius 2 is 1.75 bits per heavy atom. The molecule has 0 fully saturated rings. The number of carbonyl (C=O) groups excluding carboxylic acids is 1. The first-order valence-electron chi connectivity index (χ1n) is 5.24. The Hall–Kier alpha value is -1.25. The lowest BCUT2D eigenvalue weighted by molar-refractivity contribution is -0.118. The Bertz CT molecular complexity index is 377. The molecule has 0 amide bonds. The van der Waals surface area contributed by atoms with E-state index in [-0.39, 0.29) is 17.8 Å². The average molecular weight is 226 g/mol. The van der Waals surface area contributed by atoms with Crippen LogP contribution in [0.25, 0.3) is 0 Å². The first-order valence-corrected chi connectivity index (χ1v) is 5.24. The van der Waals surface area contributed by atoms with Crippen molar-refractivity contribution < 1.29 is 13.6 Å². The lowest BCUT2D eigenvalue weighted by atomic mass is 9.81. The summed E-state index contributed by atoms with van der Waals surface area (Å²) >= 11 is 0. The molecule has 0 aromatic heterocycles. The fourth-order valence-electron chi connectivity index (χ4n) is 1.92. The molecule has 0 heterocycles. The van der Waals surface area contributed by atoms with Crippen molar-refractivity contribution in [3.63, 3.8) is 0 Å². The van der Waals surface area contributed by atoms with Gasteiger partial charge in [-0.1, -0.05) is 19.9 Å². The van der Waals surface area contributed by atoms with Crippen LogP contribution in [0.2, 0.25) is 0 Å². The van der Waals surface area contributed by atoms with Gasteiger partial charge in [-0.25, -0.2) is 8.78 Å². The summed E-state index contributed by atoms with van der Waals surface area (Å²) < 4.78 is 26.8. The van der Waals surface area contributed by atoms with Crippen molar-refractivity contribution in [2.24, 2.45) is 5.41 Å². The number of hydrogen-bond acceptors (Lipinski definition) is 1. The van der Waals surface area contributed by atoms with Crippen molar-refractivity contribution in [2.75, 3.05) is 0 Å². The van der Waals surface area contributed by atoms with Crippen molar-refractivity contribution in [1.29, 1.82) is 0 Å². The van der Waals surface area contributed by atoms with E-state index in [0.717, 1.165) is 0 Å². The van der Waals surface area contributed by atoms with E-state index in [1.807, 2.05) is 13.8 Å². The summed E-state index contributed by atoms with van der Waals surface area (Å²) in [4.78, 5) is 11.0. The maximum Gasteiger partial charge on any atom is 0.130 e. The number of halogens is 2. The Morgan fingerprint density at radius 3 is 2.19 bits per heavy atom. The Morgan fingerprint density at radius 1 is 1.25 bits per heavy atom. The molecule has 1 aromatic rings. The summed E-state index contributed by atoms with van der Waals surface area (Å²) in [6, 6.07) is 3.82. The van der Waals surface area contributed by atoms with Crippen LogP contribution >= 0.6 is 0 Å². The third kappa shape index (κ3) is 3.40. The van der Waals surface area contributed by atoms with Gasteiger partial charge in [0.2, 0.25) is 0 Å². The van der Waals surface area contributed by atoms with Gasteiger partial charge in [0.1, 0.15) is 17.4 Å². The molecule has 88 valence electrons. The van der Waals surface area contributed by atoms with E-state index in [1.165, 1.54) is 25.1 Å². The van der Waals surface area contributed by atoms with Crippen molar-refractivity contribution >= 4 is 5.78 Å². The van der Waals surface area contributed by atoms with Gasteiger partial charge in [-0.3, -0.25) is 0 Å². The third-order valence-corrected chi connectivity index (χ3v) is 2.44. The maximum atomic E-state index is 13.4. The van der Waals surface area contributed by atoms with E-state index in [0.29, 0.717) is 6.42 Å². The highest BCUT2D eigenvalue weighted by atomic mass is 19.1. The first-order chi connectivity index (χ1) is 7.32. The van der Waals surface area contributed by atoms with E-state index < -0.39 is 17.0 Å². The predicted molar refractivity (Wildman–Crippen MR) is 59.1 cm³/mol. The fourth-order valence-corrected chi connectivity index (χ4v) is 1.92. The second-order valence-corrected chi connectivity index (χ2v) is 4.92. The summed E-state index contributed by atoms with van der Waals surface area (Å²) in [5, 5.41) is 0. The number of Topliss-reactive ketones (excluding diaryl/α,β-unsaturated/α-hetero) is 1. The molecular weight excluding hydrogens is 210 g/mol. The molecule has 0 N–H and O–H groups in total. The van der Waals surface area contributed by atoms with Gasteiger partial charge in [-0.2, -0.15) is 0 Å². The predicted octanol–water partition coefficient (Wildman–Crippen LogP) is 3.51. The smallest absolute Gasteiger partial charge is 0.130 e. The maximum absolute atomic E-state index is 13.4. The van der Waals surface area contributed by atoms with E-state index in [2.05, 4.69) is 0 Å². The zero-order valence-electron chi connectivity index (χ0n) is 9.81. The highest BCUT2D eigenvalue weighted by Crippen LogP contribution is 2.28. The molecule has 0 saturated heterocycles. The van der Waals surface area contributed by atoms with Crippen LogP contribution in [0, 0.1) is 17.0 Å². The monoisotopic (exact) mass is 226 g/mol. The number of carbonyl (C=O) groups is 1. The molecule has 16 heavy (non-hydrogen) atoms. The van der Waals surface area contributed by atoms with Crippen molar-refractivity contribution in [1.82, 2.24) is 0 Å². The van der Waals surface area contributed by atoms with Gasteiger partial charge in [0, 0.05) is 12.0 Å². The number of rotatable bonds is 4. The highest BCUT2D eigenvalue weighted by Gasteiger charge is 2.24. The molecule has 0 radical (unpaired) electrons. The summed E-state index contributed by atoms with van der Waals surface area (Å²) in [7, 11) is 0. The average Bonchev–Trinajstić information content (AvgIpc) is 2.09. The summed E-state index contributed by atoms with van der Waals surface area (Å²) in [6.45, 7) is 5.15. The van der Waals surface area contributed by atoms with Crippen LogP contribution in [0.15, 0.2) is 18.2 Å². The van der Waals surface area contributed by atoms with Crippen LogP contribution < -0.4 is 0 Å². The summed E-state index contributed by atoms with van der Waals surface area (Å²) in [6.07, 6.45) is 0.547. The summed E-state index contributed by atoms with van der Waals surface area (Å²) in [5.74, 6) is -1.06. The van der Waals surface area contributed by atoms with Crippen LogP contribution in [0.5, 0.6) is 0 Å². The number of benzene rings is 1. The van der Waals surface area contributed by atoms with Gasteiger partial charge in [0.15, 0.2) is 0 Å². The van der Waals surface area contributed by atoms with Crippen LogP contribution in [-0.2, 0) is 11.2 Å². The van der Waals surface area contributed by atoms with E-state index in [1.54, 1.807) is 0 Å². The van der Waals surface area contributed by atoms with Gasteiger partial charge in [-0.05, 0) is 30.9 Å². The lowest BCUT2D eigenvalue weighted by Crippen LogP contribution is -2.20. The van der Waals surface area contributed by atoms with Crippen LogP contribution in [0.1, 0.15) is 32.8 Å². The second kappa shape index (κ2) is 4.73. The molecular formula is C13H16F2O. The molecule has 0 saturated carbocycles. The molecule has 0 bridgehead atoms. The topological polar surface area (TPSA) is 17.1 Å². The van der Waals surface area contributed by atoms with Crippen LogP contribution in [0.4, 0.5) is 8.78 Å². The van der Waals surface area contributed by atoms with Crippen LogP contribution in [-0.4, -0.2) is 5.78 Å². The lowest BCUT2D eigenvalue weighted by Gasteiger charge is -2.23. The molecule has 1 nitrogen and oxygen atoms in total. The van der Waals surface area contributed by atoms with Crippen LogP contribution in [0.3, 0.4) is 0 Å². The van der Waals surface area contributed by atoms with Gasteiger partial charge in [0.05, 0.1) is 0 Å². The van der Waals surface area contributed by atoms with E-state index in [4.69, 9.17) is 0 Å². The highest BCUT2D eigenvalue weighted by molar-refractivity contribution is 5.76. The molecule has 0 aliphatic rings. The van der Waals surface area contributed by atoms with Crippen molar-refractivity contribution in [2.45, 2.75) is 33.6 Å². The van der Waals surface area contributed by atoms with E-state index in [9.17, 15) is 13.6 Å². The largest absolute Gasteiger partial charge is 0.300 e. The van der Waals surface area contributed by atoms with E-state index >= 15 is 0 Å². The number of ketones is 1. The van der Waals surface area contributed by atoms with Gasteiger partial charge in [0.25, 0.3) is 0 Å². The molecule has 3 heteroatoms. The molecule has 0 aliphatic carbocycles. The standard InChI is InChI=1S/C13H16F2O/c1-9(16)7-13(2,3)8-10-11(14)5-4-6-12(10)15/h4-6H,7-8H2,1-3H3. The third-order valence-electron chi connectivity index (χ3n) is 2.44. The molecule has 0 unspecified atom stereocenters. The normalized spacial score (nSPS) is 11.6. The van der Waals surface area contributed by atoms with Crippen molar-refractivity contribution in [3.8, 4) is 0 Å². The second-order valence-electron chi connectivity index (χ2n) is 4.92. The minimum Gasteiger partial charge on any atom is -0.300 e. The minimum atomic E-state index is -0.545. The zero-order chi connectivity index (χ0) is 12.3. The Labute approximate surface area is 94.5 Å². The molecule has 0 aliphatic heterocycles. The Balaban J connectivity index is 2.91. The molecule has 0 spiro atoms. The van der Waals surface area contributed by atoms with Crippen molar-refractivity contribution in [3.05, 3.63) is 35.4 Å².